The van der Waals surface area contributed by atoms with Crippen LogP contribution in [0.5, 0.6) is 0 Å². The fourth-order valence-corrected chi connectivity index (χ4v) is 2.40. The molecule has 2 unspecified atom stereocenters. The molecule has 0 aromatic carbocycles. The van der Waals surface area contributed by atoms with Crippen molar-refractivity contribution in [3.8, 4) is 0 Å². The summed E-state index contributed by atoms with van der Waals surface area (Å²) >= 11 is 0. The molecule has 4 heteroatoms. The molecule has 1 N–H and O–H groups in total. The zero-order valence-electron chi connectivity index (χ0n) is 9.98. The van der Waals surface area contributed by atoms with Gasteiger partial charge in [0.15, 0.2) is 0 Å². The number of halogens is 3. The lowest BCUT2D eigenvalue weighted by Gasteiger charge is -2.38. The Bertz CT molecular complexity index is 225. The summed E-state index contributed by atoms with van der Waals surface area (Å²) in [7, 11) is 0. The summed E-state index contributed by atoms with van der Waals surface area (Å²) < 4.78 is 37.7. The lowest BCUT2D eigenvalue weighted by Crippen LogP contribution is -2.40. The first-order valence-corrected chi connectivity index (χ1v) is 6.02. The summed E-state index contributed by atoms with van der Waals surface area (Å²) in [6.07, 6.45) is -1.79. The Balaban J connectivity index is 2.54. The molecule has 96 valence electrons. The molecule has 0 heterocycles. The third-order valence-electron chi connectivity index (χ3n) is 3.47. The van der Waals surface area contributed by atoms with E-state index in [2.05, 4.69) is 0 Å². The Morgan fingerprint density at radius 2 is 2.00 bits per heavy atom. The first-order valence-electron chi connectivity index (χ1n) is 6.02. The van der Waals surface area contributed by atoms with E-state index in [4.69, 9.17) is 0 Å². The lowest BCUT2D eigenvalue weighted by atomic mass is 9.75. The standard InChI is InChI=1S/C12H21F3O/c1-9(2)5-7-11(16)6-3-4-10(8-11)12(13,14)15/h9-10,16H,3-8H2,1-2H3. The van der Waals surface area contributed by atoms with Gasteiger partial charge in [-0.05, 0) is 44.4 Å². The molecule has 0 saturated heterocycles. The van der Waals surface area contributed by atoms with Gasteiger partial charge in [-0.1, -0.05) is 13.8 Å². The number of alkyl halides is 3. The average molecular weight is 238 g/mol. The van der Waals surface area contributed by atoms with Crippen molar-refractivity contribution in [3.05, 3.63) is 0 Å². The van der Waals surface area contributed by atoms with E-state index in [0.717, 1.165) is 6.42 Å². The summed E-state index contributed by atoms with van der Waals surface area (Å²) in [5, 5.41) is 10.2. The van der Waals surface area contributed by atoms with Gasteiger partial charge in [0.1, 0.15) is 0 Å². The third kappa shape index (κ3) is 3.96. The molecule has 0 aliphatic heterocycles. The van der Waals surface area contributed by atoms with Crippen LogP contribution in [0.1, 0.15) is 52.4 Å². The lowest BCUT2D eigenvalue weighted by molar-refractivity contribution is -0.201. The minimum absolute atomic E-state index is 0.108. The van der Waals surface area contributed by atoms with Crippen LogP contribution in [0.4, 0.5) is 13.2 Å². The fraction of sp³-hybridized carbons (Fsp3) is 1.00. The van der Waals surface area contributed by atoms with Crippen LogP contribution in [-0.4, -0.2) is 16.9 Å². The van der Waals surface area contributed by atoms with Crippen LogP contribution in [0, 0.1) is 11.8 Å². The van der Waals surface area contributed by atoms with Crippen LogP contribution < -0.4 is 0 Å². The van der Waals surface area contributed by atoms with E-state index < -0.39 is 17.7 Å². The molecule has 1 saturated carbocycles. The van der Waals surface area contributed by atoms with Gasteiger partial charge in [0.05, 0.1) is 11.5 Å². The molecular weight excluding hydrogens is 217 g/mol. The molecule has 1 aliphatic carbocycles. The molecule has 2 atom stereocenters. The van der Waals surface area contributed by atoms with Crippen LogP contribution in [-0.2, 0) is 0 Å². The van der Waals surface area contributed by atoms with Crippen molar-refractivity contribution in [3.63, 3.8) is 0 Å². The highest BCUT2D eigenvalue weighted by Gasteiger charge is 2.46. The Morgan fingerprint density at radius 3 is 2.50 bits per heavy atom. The molecule has 0 aromatic rings. The minimum atomic E-state index is -4.15. The molecule has 1 aliphatic rings. The molecular formula is C12H21F3O. The predicted molar refractivity (Wildman–Crippen MR) is 57.0 cm³/mol. The highest BCUT2D eigenvalue weighted by Crippen LogP contribution is 2.43. The zero-order chi connectivity index (χ0) is 12.4. The van der Waals surface area contributed by atoms with Crippen molar-refractivity contribution in [1.82, 2.24) is 0 Å². The van der Waals surface area contributed by atoms with Crippen LogP contribution in [0.2, 0.25) is 0 Å². The van der Waals surface area contributed by atoms with Crippen molar-refractivity contribution < 1.29 is 18.3 Å². The van der Waals surface area contributed by atoms with E-state index >= 15 is 0 Å². The molecule has 0 radical (unpaired) electrons. The van der Waals surface area contributed by atoms with Crippen LogP contribution in [0.25, 0.3) is 0 Å². The molecule has 1 fully saturated rings. The van der Waals surface area contributed by atoms with Crippen LogP contribution >= 0.6 is 0 Å². The van der Waals surface area contributed by atoms with Gasteiger partial charge in [0.25, 0.3) is 0 Å². The summed E-state index contributed by atoms with van der Waals surface area (Å²) in [5.41, 5.74) is -1.08. The Hall–Kier alpha value is -0.250. The fourth-order valence-electron chi connectivity index (χ4n) is 2.40. The normalized spacial score (nSPS) is 32.1. The van der Waals surface area contributed by atoms with E-state index in [1.165, 1.54) is 0 Å². The molecule has 16 heavy (non-hydrogen) atoms. The van der Waals surface area contributed by atoms with Gasteiger partial charge in [-0.15, -0.1) is 0 Å². The van der Waals surface area contributed by atoms with Gasteiger partial charge in [0.2, 0.25) is 0 Å². The van der Waals surface area contributed by atoms with Crippen LogP contribution in [0.15, 0.2) is 0 Å². The van der Waals surface area contributed by atoms with Crippen molar-refractivity contribution in [2.24, 2.45) is 11.8 Å². The molecule has 0 aromatic heterocycles. The second kappa shape index (κ2) is 4.94. The number of aliphatic hydroxyl groups is 1. The van der Waals surface area contributed by atoms with Crippen LogP contribution in [0.3, 0.4) is 0 Å². The SMILES string of the molecule is CC(C)CCC1(O)CCCC(C(F)(F)F)C1. The number of hydrogen-bond acceptors (Lipinski definition) is 1. The first-order chi connectivity index (χ1) is 7.23. The number of hydrogen-bond donors (Lipinski definition) is 1. The smallest absolute Gasteiger partial charge is 0.390 e. The van der Waals surface area contributed by atoms with Crippen molar-refractivity contribution in [2.45, 2.75) is 64.1 Å². The van der Waals surface area contributed by atoms with E-state index in [-0.39, 0.29) is 12.8 Å². The number of rotatable bonds is 3. The topological polar surface area (TPSA) is 20.2 Å². The minimum Gasteiger partial charge on any atom is -0.390 e. The summed E-state index contributed by atoms with van der Waals surface area (Å²) in [6, 6.07) is 0. The zero-order valence-corrected chi connectivity index (χ0v) is 9.98. The molecule has 1 nitrogen and oxygen atoms in total. The van der Waals surface area contributed by atoms with Gasteiger partial charge in [-0.3, -0.25) is 0 Å². The summed E-state index contributed by atoms with van der Waals surface area (Å²) in [4.78, 5) is 0. The highest BCUT2D eigenvalue weighted by atomic mass is 19.4. The predicted octanol–water partition coefficient (Wildman–Crippen LogP) is 3.91. The maximum absolute atomic E-state index is 12.6. The van der Waals surface area contributed by atoms with Gasteiger partial charge < -0.3 is 5.11 Å². The Morgan fingerprint density at radius 1 is 1.38 bits per heavy atom. The van der Waals surface area contributed by atoms with Crippen molar-refractivity contribution >= 4 is 0 Å². The monoisotopic (exact) mass is 238 g/mol. The molecule has 0 bridgehead atoms. The maximum atomic E-state index is 12.6. The second-order valence-corrected chi connectivity index (χ2v) is 5.49. The Labute approximate surface area is 95.0 Å². The van der Waals surface area contributed by atoms with Crippen molar-refractivity contribution in [1.29, 1.82) is 0 Å². The van der Waals surface area contributed by atoms with Gasteiger partial charge in [-0.25, -0.2) is 0 Å². The molecule has 0 spiro atoms. The van der Waals surface area contributed by atoms with E-state index in [1.807, 2.05) is 13.8 Å². The third-order valence-corrected chi connectivity index (χ3v) is 3.47. The van der Waals surface area contributed by atoms with Crippen molar-refractivity contribution in [2.75, 3.05) is 0 Å². The highest BCUT2D eigenvalue weighted by molar-refractivity contribution is 4.89. The molecule has 1 rings (SSSR count). The molecule has 0 amide bonds. The second-order valence-electron chi connectivity index (χ2n) is 5.49. The average Bonchev–Trinajstić information content (AvgIpc) is 2.14. The first kappa shape index (κ1) is 13.8. The summed E-state index contributed by atoms with van der Waals surface area (Å²) in [5.74, 6) is -0.881. The quantitative estimate of drug-likeness (QED) is 0.790. The van der Waals surface area contributed by atoms with E-state index in [1.54, 1.807) is 0 Å². The summed E-state index contributed by atoms with van der Waals surface area (Å²) in [6.45, 7) is 4.04. The van der Waals surface area contributed by atoms with E-state index in [9.17, 15) is 18.3 Å². The van der Waals surface area contributed by atoms with Gasteiger partial charge in [-0.2, -0.15) is 13.2 Å². The Kier molecular flexibility index (Phi) is 4.27. The van der Waals surface area contributed by atoms with E-state index in [0.29, 0.717) is 25.2 Å². The van der Waals surface area contributed by atoms with Gasteiger partial charge in [0, 0.05) is 0 Å². The maximum Gasteiger partial charge on any atom is 0.391 e. The van der Waals surface area contributed by atoms with Gasteiger partial charge >= 0.3 is 6.18 Å². The largest absolute Gasteiger partial charge is 0.391 e.